The Labute approximate surface area is 95.5 Å². The molecule has 0 atom stereocenters. The molecule has 4 heteroatoms. The Morgan fingerprint density at radius 1 is 1.57 bits per heavy atom. The Hall–Kier alpha value is -1.09. The van der Waals surface area contributed by atoms with Crippen LogP contribution in [0.5, 0.6) is 0 Å². The van der Waals surface area contributed by atoms with Crippen LogP contribution in [0, 0.1) is 14.9 Å². The lowest BCUT2D eigenvalue weighted by molar-refractivity contribution is 0.777. The van der Waals surface area contributed by atoms with Gasteiger partial charge >= 0.3 is 0 Å². The lowest BCUT2D eigenvalue weighted by Gasteiger charge is -1.95. The largest absolute Gasteiger partial charge is 0.268 e. The van der Waals surface area contributed by atoms with Crippen LogP contribution in [0.3, 0.4) is 0 Å². The highest BCUT2D eigenvalue weighted by molar-refractivity contribution is 14.1. The number of nitrogens with zero attached hydrogens (tertiary/aromatic N) is 3. The van der Waals surface area contributed by atoms with Crippen molar-refractivity contribution in [2.75, 3.05) is 0 Å². The lowest BCUT2D eigenvalue weighted by atomic mass is 10.2. The van der Waals surface area contributed by atoms with Crippen LogP contribution in [0.2, 0.25) is 0 Å². The average Bonchev–Trinajstić information content (AvgIpc) is 2.46. The molecular weight excluding hydrogens is 289 g/mol. The van der Waals surface area contributed by atoms with Gasteiger partial charge in [-0.2, -0.15) is 10.4 Å². The summed E-state index contributed by atoms with van der Waals surface area (Å²) in [7, 11) is 1.90. The van der Waals surface area contributed by atoms with Gasteiger partial charge in [0.05, 0.1) is 23.7 Å². The van der Waals surface area contributed by atoms with Gasteiger partial charge in [-0.15, -0.1) is 0 Å². The van der Waals surface area contributed by atoms with Crippen LogP contribution in [0.4, 0.5) is 0 Å². The van der Waals surface area contributed by atoms with E-state index in [4.69, 9.17) is 5.26 Å². The van der Waals surface area contributed by atoms with Crippen molar-refractivity contribution in [3.05, 3.63) is 27.5 Å². The predicted octanol–water partition coefficient (Wildman–Crippen LogP) is 2.24. The summed E-state index contributed by atoms with van der Waals surface area (Å²) < 4.78 is 2.97. The SMILES string of the molecule is Cn1nc(CC#N)c2c(I)cccc21. The molecule has 0 radical (unpaired) electrons. The zero-order valence-electron chi connectivity index (χ0n) is 7.66. The first kappa shape index (κ1) is 9.46. The van der Waals surface area contributed by atoms with Gasteiger partial charge in [-0.3, -0.25) is 4.68 Å². The standard InChI is InChI=1S/C10H8IN3/c1-14-9-4-2-3-7(11)10(9)8(13-14)5-6-12/h2-4H,5H2,1H3. The van der Waals surface area contributed by atoms with E-state index in [1.54, 1.807) is 0 Å². The van der Waals surface area contributed by atoms with Crippen molar-refractivity contribution in [1.82, 2.24) is 9.78 Å². The molecule has 1 aromatic carbocycles. The average molecular weight is 297 g/mol. The molecule has 0 bridgehead atoms. The summed E-state index contributed by atoms with van der Waals surface area (Å²) in [5.41, 5.74) is 1.96. The molecule has 2 aromatic rings. The van der Waals surface area contributed by atoms with E-state index in [0.29, 0.717) is 6.42 Å². The second kappa shape index (κ2) is 3.58. The number of hydrogen-bond donors (Lipinski definition) is 0. The van der Waals surface area contributed by atoms with Crippen molar-refractivity contribution in [2.24, 2.45) is 7.05 Å². The number of halogens is 1. The number of benzene rings is 1. The summed E-state index contributed by atoms with van der Waals surface area (Å²) in [6.45, 7) is 0. The quantitative estimate of drug-likeness (QED) is 0.758. The minimum Gasteiger partial charge on any atom is -0.268 e. The summed E-state index contributed by atoms with van der Waals surface area (Å²) >= 11 is 2.27. The lowest BCUT2D eigenvalue weighted by Crippen LogP contribution is -1.90. The van der Waals surface area contributed by atoms with Crippen LogP contribution >= 0.6 is 22.6 Å². The molecular formula is C10H8IN3. The molecule has 0 fully saturated rings. The second-order valence-electron chi connectivity index (χ2n) is 3.04. The van der Waals surface area contributed by atoms with E-state index in [1.165, 1.54) is 0 Å². The molecule has 70 valence electrons. The summed E-state index contributed by atoms with van der Waals surface area (Å²) in [6.07, 6.45) is 0.372. The highest BCUT2D eigenvalue weighted by Crippen LogP contribution is 2.23. The maximum Gasteiger partial charge on any atom is 0.0854 e. The normalized spacial score (nSPS) is 10.4. The molecule has 14 heavy (non-hydrogen) atoms. The Kier molecular flexibility index (Phi) is 2.42. The molecule has 1 heterocycles. The molecule has 0 saturated heterocycles. The van der Waals surface area contributed by atoms with Crippen molar-refractivity contribution >= 4 is 33.5 Å². The van der Waals surface area contributed by atoms with Gasteiger partial charge in [-0.1, -0.05) is 6.07 Å². The number of rotatable bonds is 1. The highest BCUT2D eigenvalue weighted by Gasteiger charge is 2.10. The minimum absolute atomic E-state index is 0.372. The van der Waals surface area contributed by atoms with Crippen LogP contribution in [0.15, 0.2) is 18.2 Å². The molecule has 0 aliphatic carbocycles. The number of aromatic nitrogens is 2. The molecule has 0 amide bonds. The molecule has 0 aliphatic heterocycles. The van der Waals surface area contributed by atoms with Crippen molar-refractivity contribution < 1.29 is 0 Å². The van der Waals surface area contributed by atoms with E-state index >= 15 is 0 Å². The highest BCUT2D eigenvalue weighted by atomic mass is 127. The topological polar surface area (TPSA) is 41.6 Å². The Balaban J connectivity index is 2.80. The third kappa shape index (κ3) is 1.38. The fourth-order valence-corrected chi connectivity index (χ4v) is 2.35. The summed E-state index contributed by atoms with van der Waals surface area (Å²) in [5.74, 6) is 0. The monoisotopic (exact) mass is 297 g/mol. The Bertz CT molecular complexity index is 522. The number of nitriles is 1. The molecule has 2 rings (SSSR count). The fourth-order valence-electron chi connectivity index (χ4n) is 1.55. The number of hydrogen-bond acceptors (Lipinski definition) is 2. The van der Waals surface area contributed by atoms with Crippen molar-refractivity contribution in [2.45, 2.75) is 6.42 Å². The van der Waals surface area contributed by atoms with Gasteiger partial charge in [0.1, 0.15) is 0 Å². The Morgan fingerprint density at radius 2 is 2.36 bits per heavy atom. The number of aryl methyl sites for hydroxylation is 1. The molecule has 0 aliphatic rings. The van der Waals surface area contributed by atoms with Crippen molar-refractivity contribution in [3.8, 4) is 6.07 Å². The molecule has 0 unspecified atom stereocenters. The first-order valence-corrected chi connectivity index (χ1v) is 5.29. The smallest absolute Gasteiger partial charge is 0.0854 e. The predicted molar refractivity (Wildman–Crippen MR) is 62.7 cm³/mol. The molecule has 0 spiro atoms. The van der Waals surface area contributed by atoms with Crippen LogP contribution < -0.4 is 0 Å². The zero-order chi connectivity index (χ0) is 10.1. The molecule has 0 saturated carbocycles. The van der Waals surface area contributed by atoms with Crippen LogP contribution in [-0.2, 0) is 13.5 Å². The van der Waals surface area contributed by atoms with E-state index in [9.17, 15) is 0 Å². The zero-order valence-corrected chi connectivity index (χ0v) is 9.82. The first-order chi connectivity index (χ1) is 6.74. The van der Waals surface area contributed by atoms with Gasteiger partial charge in [-0.25, -0.2) is 0 Å². The van der Waals surface area contributed by atoms with Gasteiger partial charge in [0, 0.05) is 16.0 Å². The molecule has 3 nitrogen and oxygen atoms in total. The van der Waals surface area contributed by atoms with Gasteiger partial charge in [0.15, 0.2) is 0 Å². The first-order valence-electron chi connectivity index (χ1n) is 4.21. The van der Waals surface area contributed by atoms with Crippen LogP contribution in [0.1, 0.15) is 5.69 Å². The van der Waals surface area contributed by atoms with Crippen LogP contribution in [0.25, 0.3) is 10.9 Å². The van der Waals surface area contributed by atoms with E-state index < -0.39 is 0 Å². The fraction of sp³-hybridized carbons (Fsp3) is 0.200. The second-order valence-corrected chi connectivity index (χ2v) is 4.20. The van der Waals surface area contributed by atoms with Gasteiger partial charge in [-0.05, 0) is 34.7 Å². The van der Waals surface area contributed by atoms with Crippen LogP contribution in [-0.4, -0.2) is 9.78 Å². The minimum atomic E-state index is 0.372. The van der Waals surface area contributed by atoms with Gasteiger partial charge < -0.3 is 0 Å². The van der Waals surface area contributed by atoms with E-state index in [-0.39, 0.29) is 0 Å². The summed E-state index contributed by atoms with van der Waals surface area (Å²) in [4.78, 5) is 0. The maximum atomic E-state index is 8.68. The summed E-state index contributed by atoms with van der Waals surface area (Å²) in [5, 5.41) is 14.1. The Morgan fingerprint density at radius 3 is 3.07 bits per heavy atom. The van der Waals surface area contributed by atoms with Crippen molar-refractivity contribution in [3.63, 3.8) is 0 Å². The maximum absolute atomic E-state index is 8.68. The number of fused-ring (bicyclic) bond motifs is 1. The third-order valence-corrected chi connectivity index (χ3v) is 3.05. The van der Waals surface area contributed by atoms with Crippen molar-refractivity contribution in [1.29, 1.82) is 5.26 Å². The molecule has 0 N–H and O–H groups in total. The summed E-state index contributed by atoms with van der Waals surface area (Å²) in [6, 6.07) is 8.19. The van der Waals surface area contributed by atoms with Gasteiger partial charge in [0.2, 0.25) is 0 Å². The molecule has 1 aromatic heterocycles. The third-order valence-electron chi connectivity index (χ3n) is 2.15. The van der Waals surface area contributed by atoms with E-state index in [1.807, 2.05) is 29.9 Å². The van der Waals surface area contributed by atoms with E-state index in [0.717, 1.165) is 20.2 Å². The van der Waals surface area contributed by atoms with E-state index in [2.05, 4.69) is 33.8 Å². The van der Waals surface area contributed by atoms with Gasteiger partial charge in [0.25, 0.3) is 0 Å².